The van der Waals surface area contributed by atoms with Gasteiger partial charge in [0.2, 0.25) is 0 Å². The van der Waals surface area contributed by atoms with Crippen LogP contribution >= 0.6 is 15.9 Å². The smallest absolute Gasteiger partial charge is 0.175 e. The molecule has 0 unspecified atom stereocenters. The molecule has 0 aliphatic carbocycles. The summed E-state index contributed by atoms with van der Waals surface area (Å²) < 4.78 is 30.5. The van der Waals surface area contributed by atoms with E-state index >= 15 is 0 Å². The fraction of sp³-hybridized carbons (Fsp3) is 0.400. The highest BCUT2D eigenvalue weighted by molar-refractivity contribution is 9.10. The van der Waals surface area contributed by atoms with Crippen LogP contribution in [0.4, 0.5) is 4.39 Å². The van der Waals surface area contributed by atoms with E-state index in [9.17, 15) is 4.39 Å². The van der Waals surface area contributed by atoms with Crippen molar-refractivity contribution in [3.05, 3.63) is 57.8 Å². The van der Waals surface area contributed by atoms with Gasteiger partial charge in [-0.2, -0.15) is 0 Å². The Morgan fingerprint density at radius 2 is 1.88 bits per heavy atom. The number of rotatable bonds is 11. The lowest BCUT2D eigenvalue weighted by molar-refractivity contribution is 0.144. The Hall–Kier alpha value is -1.63. The Morgan fingerprint density at radius 1 is 1.12 bits per heavy atom. The second kappa shape index (κ2) is 11.2. The molecule has 6 heteroatoms. The molecule has 0 spiro atoms. The maximum Gasteiger partial charge on any atom is 0.175 e. The van der Waals surface area contributed by atoms with Gasteiger partial charge in [0.05, 0.1) is 11.6 Å². The summed E-state index contributed by atoms with van der Waals surface area (Å²) in [6, 6.07) is 10.2. The summed E-state index contributed by atoms with van der Waals surface area (Å²) in [7, 11) is 1.62. The number of hydrogen-bond donors (Lipinski definition) is 1. The zero-order chi connectivity index (χ0) is 18.8. The van der Waals surface area contributed by atoms with Gasteiger partial charge in [-0.05, 0) is 71.2 Å². The van der Waals surface area contributed by atoms with Crippen LogP contribution in [0.2, 0.25) is 0 Å². The molecule has 0 atom stereocenters. The minimum atomic E-state index is -0.259. The SMILES string of the molecule is CCOCCCNCc1cc(Br)c(OCc2ccc(F)cc2)c(OC)c1. The Kier molecular flexibility index (Phi) is 8.88. The van der Waals surface area contributed by atoms with Crippen molar-refractivity contribution in [1.29, 1.82) is 0 Å². The Balaban J connectivity index is 1.94. The second-order valence-corrected chi connectivity index (χ2v) is 6.61. The Bertz CT molecular complexity index is 680. The van der Waals surface area contributed by atoms with Crippen LogP contribution in [0.5, 0.6) is 11.5 Å². The number of nitrogens with one attached hydrogen (secondary N) is 1. The Labute approximate surface area is 162 Å². The van der Waals surface area contributed by atoms with Crippen LogP contribution in [0, 0.1) is 5.82 Å². The number of hydrogen-bond acceptors (Lipinski definition) is 4. The molecule has 2 aromatic carbocycles. The molecule has 0 fully saturated rings. The Morgan fingerprint density at radius 3 is 2.58 bits per heavy atom. The van der Waals surface area contributed by atoms with Crippen molar-refractivity contribution in [2.45, 2.75) is 26.5 Å². The topological polar surface area (TPSA) is 39.7 Å². The number of benzene rings is 2. The molecule has 0 saturated carbocycles. The van der Waals surface area contributed by atoms with E-state index in [1.807, 2.05) is 19.1 Å². The molecule has 1 N–H and O–H groups in total. The van der Waals surface area contributed by atoms with Crippen molar-refractivity contribution >= 4 is 15.9 Å². The molecule has 2 aromatic rings. The van der Waals surface area contributed by atoms with Crippen molar-refractivity contribution in [3.8, 4) is 11.5 Å². The first-order chi connectivity index (χ1) is 12.6. The summed E-state index contributed by atoms with van der Waals surface area (Å²) in [5.41, 5.74) is 1.99. The molecule has 26 heavy (non-hydrogen) atoms. The van der Waals surface area contributed by atoms with E-state index in [4.69, 9.17) is 14.2 Å². The third-order valence-electron chi connectivity index (χ3n) is 3.76. The van der Waals surface area contributed by atoms with E-state index in [-0.39, 0.29) is 5.82 Å². The molecular weight excluding hydrogens is 401 g/mol. The van der Waals surface area contributed by atoms with Gasteiger partial charge in [-0.25, -0.2) is 4.39 Å². The van der Waals surface area contributed by atoms with Crippen molar-refractivity contribution in [3.63, 3.8) is 0 Å². The highest BCUT2D eigenvalue weighted by atomic mass is 79.9. The van der Waals surface area contributed by atoms with E-state index in [1.165, 1.54) is 12.1 Å². The molecule has 0 radical (unpaired) electrons. The van der Waals surface area contributed by atoms with Gasteiger partial charge < -0.3 is 19.5 Å². The average molecular weight is 426 g/mol. The molecule has 0 amide bonds. The first-order valence-corrected chi connectivity index (χ1v) is 9.45. The first kappa shape index (κ1) is 20.7. The van der Waals surface area contributed by atoms with Crippen LogP contribution in [-0.4, -0.2) is 26.9 Å². The minimum absolute atomic E-state index is 0.259. The maximum absolute atomic E-state index is 13.0. The molecule has 0 aromatic heterocycles. The summed E-state index contributed by atoms with van der Waals surface area (Å²) in [6.45, 7) is 5.49. The van der Waals surface area contributed by atoms with E-state index < -0.39 is 0 Å². The molecule has 0 heterocycles. The molecule has 0 bridgehead atoms. The number of ether oxygens (including phenoxy) is 3. The van der Waals surface area contributed by atoms with Crippen LogP contribution in [0.1, 0.15) is 24.5 Å². The van der Waals surface area contributed by atoms with Crippen LogP contribution < -0.4 is 14.8 Å². The summed E-state index contributed by atoms with van der Waals surface area (Å²) in [5.74, 6) is 1.04. The highest BCUT2D eigenvalue weighted by Gasteiger charge is 2.12. The van der Waals surface area contributed by atoms with Gasteiger partial charge in [-0.3, -0.25) is 0 Å². The monoisotopic (exact) mass is 425 g/mol. The third kappa shape index (κ3) is 6.59. The summed E-state index contributed by atoms with van der Waals surface area (Å²) in [4.78, 5) is 0. The number of methoxy groups -OCH3 is 1. The van der Waals surface area contributed by atoms with Gasteiger partial charge >= 0.3 is 0 Å². The zero-order valence-electron chi connectivity index (χ0n) is 15.2. The van der Waals surface area contributed by atoms with E-state index in [2.05, 4.69) is 21.2 Å². The molecule has 4 nitrogen and oxygen atoms in total. The quantitative estimate of drug-likeness (QED) is 0.530. The lowest BCUT2D eigenvalue weighted by atomic mass is 10.2. The van der Waals surface area contributed by atoms with Gasteiger partial charge in [0, 0.05) is 19.8 Å². The van der Waals surface area contributed by atoms with Gasteiger partial charge in [-0.15, -0.1) is 0 Å². The van der Waals surface area contributed by atoms with E-state index in [1.54, 1.807) is 19.2 Å². The number of halogens is 2. The molecule has 0 saturated heterocycles. The van der Waals surface area contributed by atoms with Crippen molar-refractivity contribution in [2.75, 3.05) is 26.9 Å². The zero-order valence-corrected chi connectivity index (χ0v) is 16.8. The second-order valence-electron chi connectivity index (χ2n) is 5.75. The molecule has 0 aliphatic heterocycles. The van der Waals surface area contributed by atoms with E-state index in [0.29, 0.717) is 18.1 Å². The largest absolute Gasteiger partial charge is 0.493 e. The normalized spacial score (nSPS) is 10.8. The molecule has 0 aliphatic rings. The lowest BCUT2D eigenvalue weighted by Crippen LogP contribution is -2.16. The molecule has 2 rings (SSSR count). The van der Waals surface area contributed by atoms with Crippen molar-refractivity contribution in [1.82, 2.24) is 5.32 Å². The molecule has 142 valence electrons. The van der Waals surface area contributed by atoms with E-state index in [0.717, 1.165) is 48.3 Å². The van der Waals surface area contributed by atoms with Crippen LogP contribution in [0.3, 0.4) is 0 Å². The summed E-state index contributed by atoms with van der Waals surface area (Å²) in [6.07, 6.45) is 0.977. The summed E-state index contributed by atoms with van der Waals surface area (Å²) in [5, 5.41) is 3.39. The van der Waals surface area contributed by atoms with Crippen molar-refractivity contribution < 1.29 is 18.6 Å². The fourth-order valence-electron chi connectivity index (χ4n) is 2.43. The van der Waals surface area contributed by atoms with Crippen LogP contribution in [-0.2, 0) is 17.9 Å². The summed E-state index contributed by atoms with van der Waals surface area (Å²) >= 11 is 3.55. The third-order valence-corrected chi connectivity index (χ3v) is 4.35. The molecular formula is C20H25BrFNO3. The minimum Gasteiger partial charge on any atom is -0.493 e. The standard InChI is InChI=1S/C20H25BrFNO3/c1-3-25-10-4-9-23-13-16-11-18(21)20(19(12-16)24-2)26-14-15-5-7-17(22)8-6-15/h5-8,11-12,23H,3-4,9-10,13-14H2,1-2H3. The predicted molar refractivity (Wildman–Crippen MR) is 104 cm³/mol. The van der Waals surface area contributed by atoms with Crippen LogP contribution in [0.25, 0.3) is 0 Å². The highest BCUT2D eigenvalue weighted by Crippen LogP contribution is 2.37. The first-order valence-electron chi connectivity index (χ1n) is 8.66. The maximum atomic E-state index is 13.0. The van der Waals surface area contributed by atoms with Crippen LogP contribution in [0.15, 0.2) is 40.9 Å². The lowest BCUT2D eigenvalue weighted by Gasteiger charge is -2.15. The average Bonchev–Trinajstić information content (AvgIpc) is 2.64. The predicted octanol–water partition coefficient (Wildman–Crippen LogP) is 4.69. The van der Waals surface area contributed by atoms with Gasteiger partial charge in [0.1, 0.15) is 12.4 Å². The van der Waals surface area contributed by atoms with Gasteiger partial charge in [0.25, 0.3) is 0 Å². The van der Waals surface area contributed by atoms with Gasteiger partial charge in [-0.1, -0.05) is 12.1 Å². The van der Waals surface area contributed by atoms with Crippen molar-refractivity contribution in [2.24, 2.45) is 0 Å². The van der Waals surface area contributed by atoms with Gasteiger partial charge in [0.15, 0.2) is 11.5 Å². The fourth-order valence-corrected chi connectivity index (χ4v) is 3.03.